The topological polar surface area (TPSA) is 108 Å². The minimum Gasteiger partial charge on any atom is -0.508 e. The fourth-order valence-corrected chi connectivity index (χ4v) is 3.11. The lowest BCUT2D eigenvalue weighted by atomic mass is 9.93. The molecule has 1 aromatic rings. The first-order valence-electron chi connectivity index (χ1n) is 11.2. The second-order valence-electron chi connectivity index (χ2n) is 9.42. The van der Waals surface area contributed by atoms with Crippen LogP contribution in [0.5, 0.6) is 5.75 Å². The fraction of sp³-hybridized carbons (Fsp3) is 0.625. The van der Waals surface area contributed by atoms with Crippen LogP contribution in [0.15, 0.2) is 24.3 Å². The van der Waals surface area contributed by atoms with Crippen molar-refractivity contribution in [1.82, 2.24) is 15.5 Å². The predicted molar refractivity (Wildman–Crippen MR) is 124 cm³/mol. The molecule has 0 fully saturated rings. The third-order valence-corrected chi connectivity index (χ3v) is 5.11. The van der Waals surface area contributed by atoms with Gasteiger partial charge in [0.2, 0.25) is 11.8 Å². The molecule has 0 aliphatic rings. The zero-order valence-corrected chi connectivity index (χ0v) is 20.4. The van der Waals surface area contributed by atoms with E-state index >= 15 is 0 Å². The molecule has 180 valence electrons. The summed E-state index contributed by atoms with van der Waals surface area (Å²) in [6.07, 6.45) is 1.63. The van der Waals surface area contributed by atoms with Crippen molar-refractivity contribution in [2.45, 2.75) is 84.9 Å². The van der Waals surface area contributed by atoms with E-state index in [0.717, 1.165) is 12.8 Å². The lowest BCUT2D eigenvalue weighted by Crippen LogP contribution is -2.56. The first-order valence-corrected chi connectivity index (χ1v) is 11.2. The number of hydrogen-bond acceptors (Lipinski definition) is 5. The molecule has 0 saturated carbocycles. The molecule has 0 heterocycles. The fourth-order valence-electron chi connectivity index (χ4n) is 3.11. The molecule has 0 aromatic heterocycles. The molecule has 0 aliphatic carbocycles. The zero-order chi connectivity index (χ0) is 24.5. The van der Waals surface area contributed by atoms with Gasteiger partial charge in [-0.05, 0) is 65.2 Å². The average Bonchev–Trinajstić information content (AvgIpc) is 2.69. The van der Waals surface area contributed by atoms with E-state index in [1.54, 1.807) is 32.9 Å². The molecular weight excluding hydrogens is 410 g/mol. The van der Waals surface area contributed by atoms with Crippen LogP contribution in [-0.2, 0) is 14.3 Å². The minimum absolute atomic E-state index is 0.0677. The van der Waals surface area contributed by atoms with E-state index in [4.69, 9.17) is 4.74 Å². The van der Waals surface area contributed by atoms with E-state index in [9.17, 15) is 19.5 Å². The molecule has 1 aromatic carbocycles. The smallest absolute Gasteiger partial charge is 0.408 e. The highest BCUT2D eigenvalue weighted by Crippen LogP contribution is 2.32. The van der Waals surface area contributed by atoms with Crippen LogP contribution < -0.4 is 10.6 Å². The van der Waals surface area contributed by atoms with Gasteiger partial charge in [-0.15, -0.1) is 0 Å². The van der Waals surface area contributed by atoms with Crippen molar-refractivity contribution in [1.29, 1.82) is 0 Å². The molecule has 1 unspecified atom stereocenters. The Morgan fingerprint density at radius 1 is 1.03 bits per heavy atom. The van der Waals surface area contributed by atoms with E-state index in [-0.39, 0.29) is 18.2 Å². The molecule has 8 nitrogen and oxygen atoms in total. The van der Waals surface area contributed by atoms with E-state index < -0.39 is 29.2 Å². The summed E-state index contributed by atoms with van der Waals surface area (Å²) in [5.74, 6) is -0.652. The van der Waals surface area contributed by atoms with Crippen molar-refractivity contribution in [2.24, 2.45) is 0 Å². The highest BCUT2D eigenvalue weighted by molar-refractivity contribution is 5.91. The molecule has 1 rings (SSSR count). The molecule has 3 amide bonds. The van der Waals surface area contributed by atoms with Gasteiger partial charge >= 0.3 is 6.09 Å². The number of nitrogens with zero attached hydrogens (tertiary/aromatic N) is 1. The van der Waals surface area contributed by atoms with Crippen LogP contribution >= 0.6 is 0 Å². The minimum atomic E-state index is -0.921. The van der Waals surface area contributed by atoms with Crippen molar-refractivity contribution >= 4 is 17.9 Å². The number of aromatic hydroxyl groups is 1. The number of phenols is 1. The number of carbonyl (C=O) groups is 3. The molecule has 0 radical (unpaired) electrons. The summed E-state index contributed by atoms with van der Waals surface area (Å²) >= 11 is 0. The van der Waals surface area contributed by atoms with Gasteiger partial charge in [-0.25, -0.2) is 4.79 Å². The SMILES string of the molecule is CCCCNC(=O)C(c1ccc(O)cc1)N(C(=O)CNC(=O)OC(C)(C)C)C(C)(C)CC. The number of carbonyl (C=O) groups excluding carboxylic acids is 3. The van der Waals surface area contributed by atoms with Crippen LogP contribution in [0.2, 0.25) is 0 Å². The maximum absolute atomic E-state index is 13.4. The Labute approximate surface area is 191 Å². The summed E-state index contributed by atoms with van der Waals surface area (Å²) in [6, 6.07) is 5.32. The Morgan fingerprint density at radius 3 is 2.12 bits per heavy atom. The first-order chi connectivity index (χ1) is 14.8. The third-order valence-electron chi connectivity index (χ3n) is 5.11. The summed E-state index contributed by atoms with van der Waals surface area (Å²) < 4.78 is 5.22. The van der Waals surface area contributed by atoms with Crippen LogP contribution in [-0.4, -0.2) is 52.1 Å². The van der Waals surface area contributed by atoms with Crippen LogP contribution in [0, 0.1) is 0 Å². The Balaban J connectivity index is 3.27. The van der Waals surface area contributed by atoms with Crippen LogP contribution in [0.1, 0.15) is 79.3 Å². The number of ether oxygens (including phenoxy) is 1. The molecular formula is C24H39N3O5. The summed E-state index contributed by atoms with van der Waals surface area (Å²) in [5.41, 5.74) is -0.801. The molecule has 0 bridgehead atoms. The molecule has 1 atom stereocenters. The summed E-state index contributed by atoms with van der Waals surface area (Å²) in [5, 5.41) is 15.1. The molecule has 3 N–H and O–H groups in total. The molecule has 0 spiro atoms. The number of alkyl carbamates (subject to hydrolysis) is 1. The van der Waals surface area contributed by atoms with Gasteiger partial charge in [0, 0.05) is 12.1 Å². The lowest BCUT2D eigenvalue weighted by molar-refractivity contribution is -0.146. The van der Waals surface area contributed by atoms with E-state index in [1.807, 2.05) is 27.7 Å². The van der Waals surface area contributed by atoms with E-state index in [0.29, 0.717) is 18.5 Å². The Hall–Kier alpha value is -2.77. The second-order valence-corrected chi connectivity index (χ2v) is 9.42. The van der Waals surface area contributed by atoms with Gasteiger partial charge in [-0.3, -0.25) is 9.59 Å². The van der Waals surface area contributed by atoms with Gasteiger partial charge in [0.05, 0.1) is 0 Å². The average molecular weight is 450 g/mol. The van der Waals surface area contributed by atoms with Crippen molar-refractivity contribution in [3.8, 4) is 5.75 Å². The summed E-state index contributed by atoms with van der Waals surface area (Å²) in [6.45, 7) is 13.1. The molecule has 0 saturated heterocycles. The van der Waals surface area contributed by atoms with Gasteiger partial charge in [-0.1, -0.05) is 32.4 Å². The quantitative estimate of drug-likeness (QED) is 0.470. The normalized spacial score (nSPS) is 12.6. The second kappa shape index (κ2) is 11.7. The third kappa shape index (κ3) is 8.40. The van der Waals surface area contributed by atoms with Crippen LogP contribution in [0.3, 0.4) is 0 Å². The monoisotopic (exact) mass is 449 g/mol. The van der Waals surface area contributed by atoms with E-state index in [2.05, 4.69) is 10.6 Å². The Kier molecular flexibility index (Phi) is 10.0. The number of unbranched alkanes of at least 4 members (excludes halogenated alkanes) is 1. The van der Waals surface area contributed by atoms with Crippen molar-refractivity contribution in [3.63, 3.8) is 0 Å². The van der Waals surface area contributed by atoms with Gasteiger partial charge in [0.25, 0.3) is 0 Å². The highest BCUT2D eigenvalue weighted by Gasteiger charge is 2.40. The van der Waals surface area contributed by atoms with Crippen molar-refractivity contribution < 1.29 is 24.2 Å². The highest BCUT2D eigenvalue weighted by atomic mass is 16.6. The summed E-state index contributed by atoms with van der Waals surface area (Å²) in [7, 11) is 0. The molecule has 0 aliphatic heterocycles. The summed E-state index contributed by atoms with van der Waals surface area (Å²) in [4.78, 5) is 40.2. The number of nitrogens with one attached hydrogen (secondary N) is 2. The van der Waals surface area contributed by atoms with Gasteiger partial charge in [-0.2, -0.15) is 0 Å². The number of hydrogen-bond donors (Lipinski definition) is 3. The molecule has 32 heavy (non-hydrogen) atoms. The number of rotatable bonds is 10. The van der Waals surface area contributed by atoms with Crippen molar-refractivity contribution in [2.75, 3.05) is 13.1 Å². The first kappa shape index (κ1) is 27.3. The number of benzene rings is 1. The maximum Gasteiger partial charge on any atom is 0.408 e. The van der Waals surface area contributed by atoms with Crippen LogP contribution in [0.25, 0.3) is 0 Å². The number of amides is 3. The number of phenolic OH excluding ortho intramolecular Hbond substituents is 1. The van der Waals surface area contributed by atoms with Gasteiger partial charge < -0.3 is 25.4 Å². The largest absolute Gasteiger partial charge is 0.508 e. The lowest BCUT2D eigenvalue weighted by Gasteiger charge is -2.43. The predicted octanol–water partition coefficient (Wildman–Crippen LogP) is 3.89. The van der Waals surface area contributed by atoms with E-state index in [1.165, 1.54) is 17.0 Å². The Morgan fingerprint density at radius 2 is 1.62 bits per heavy atom. The standard InChI is InChI=1S/C24H39N3O5/c1-8-10-15-25-21(30)20(17-11-13-18(28)14-12-17)27(24(6,7)9-2)19(29)16-26-22(31)32-23(3,4)5/h11-14,20,28H,8-10,15-16H2,1-7H3,(H,25,30)(H,26,31). The maximum atomic E-state index is 13.4. The van der Waals surface area contributed by atoms with Crippen LogP contribution in [0.4, 0.5) is 4.79 Å². The Bertz CT molecular complexity index is 769. The van der Waals surface area contributed by atoms with Gasteiger partial charge in [0.1, 0.15) is 23.9 Å². The van der Waals surface area contributed by atoms with Gasteiger partial charge in [0.15, 0.2) is 0 Å². The molecule has 8 heteroatoms. The zero-order valence-electron chi connectivity index (χ0n) is 20.4. The van der Waals surface area contributed by atoms with Crippen molar-refractivity contribution in [3.05, 3.63) is 29.8 Å².